The van der Waals surface area contributed by atoms with Crippen LogP contribution in [-0.4, -0.2) is 28.9 Å². The smallest absolute Gasteiger partial charge is 0.129 e. The second kappa shape index (κ2) is 3.92. The van der Waals surface area contributed by atoms with Crippen LogP contribution >= 0.6 is 0 Å². The van der Waals surface area contributed by atoms with Gasteiger partial charge >= 0.3 is 0 Å². The summed E-state index contributed by atoms with van der Waals surface area (Å²) in [4.78, 5) is 3.02. The first-order chi connectivity index (χ1) is 7.27. The zero-order valence-electron chi connectivity index (χ0n) is 8.49. The molecule has 4 nitrogen and oxygen atoms in total. The SMILES string of the molecule is CNC(CO)c1ccc2[nH]ccc2c1O. The van der Waals surface area contributed by atoms with Crippen molar-refractivity contribution < 1.29 is 10.2 Å². The van der Waals surface area contributed by atoms with Crippen LogP contribution in [-0.2, 0) is 0 Å². The van der Waals surface area contributed by atoms with Crippen molar-refractivity contribution in [2.75, 3.05) is 13.7 Å². The number of nitrogens with one attached hydrogen (secondary N) is 2. The molecule has 0 aliphatic heterocycles. The molecular weight excluding hydrogens is 192 g/mol. The number of likely N-dealkylation sites (N-methyl/N-ethyl adjacent to an activating group) is 1. The number of aromatic hydroxyl groups is 1. The van der Waals surface area contributed by atoms with Crippen LogP contribution in [0.5, 0.6) is 5.75 Å². The molecule has 80 valence electrons. The second-order valence-corrected chi connectivity index (χ2v) is 3.47. The molecule has 0 radical (unpaired) electrons. The summed E-state index contributed by atoms with van der Waals surface area (Å²) in [6, 6.07) is 5.29. The molecule has 0 amide bonds. The summed E-state index contributed by atoms with van der Waals surface area (Å²) in [6.07, 6.45) is 1.78. The molecule has 0 saturated heterocycles. The number of hydrogen-bond donors (Lipinski definition) is 4. The van der Waals surface area contributed by atoms with E-state index in [4.69, 9.17) is 5.11 Å². The number of hydrogen-bond acceptors (Lipinski definition) is 3. The highest BCUT2D eigenvalue weighted by Crippen LogP contribution is 2.31. The summed E-state index contributed by atoms with van der Waals surface area (Å²) < 4.78 is 0. The van der Waals surface area contributed by atoms with Gasteiger partial charge in [0, 0.05) is 22.7 Å². The number of H-pyrrole nitrogens is 1. The number of aromatic amines is 1. The highest BCUT2D eigenvalue weighted by atomic mass is 16.3. The monoisotopic (exact) mass is 206 g/mol. The van der Waals surface area contributed by atoms with Crippen molar-refractivity contribution in [3.8, 4) is 5.75 Å². The van der Waals surface area contributed by atoms with E-state index in [9.17, 15) is 5.11 Å². The first-order valence-corrected chi connectivity index (χ1v) is 4.85. The molecule has 0 fully saturated rings. The predicted molar refractivity (Wildman–Crippen MR) is 58.9 cm³/mol. The molecule has 0 bridgehead atoms. The maximum atomic E-state index is 10.00. The molecule has 0 spiro atoms. The van der Waals surface area contributed by atoms with Gasteiger partial charge < -0.3 is 20.5 Å². The quantitative estimate of drug-likeness (QED) is 0.608. The Morgan fingerprint density at radius 3 is 2.87 bits per heavy atom. The van der Waals surface area contributed by atoms with Crippen LogP contribution < -0.4 is 5.32 Å². The Balaban J connectivity index is 2.56. The minimum Gasteiger partial charge on any atom is -0.507 e. The van der Waals surface area contributed by atoms with Crippen LogP contribution in [0.3, 0.4) is 0 Å². The lowest BCUT2D eigenvalue weighted by Crippen LogP contribution is -2.19. The van der Waals surface area contributed by atoms with Crippen LogP contribution in [0.25, 0.3) is 10.9 Å². The van der Waals surface area contributed by atoms with Crippen molar-refractivity contribution in [2.24, 2.45) is 0 Å². The lowest BCUT2D eigenvalue weighted by atomic mass is 10.0. The van der Waals surface area contributed by atoms with Gasteiger partial charge in [0.05, 0.1) is 12.6 Å². The summed E-state index contributed by atoms with van der Waals surface area (Å²) in [6.45, 7) is -0.0417. The first-order valence-electron chi connectivity index (χ1n) is 4.85. The fraction of sp³-hybridized carbons (Fsp3) is 0.273. The van der Waals surface area contributed by atoms with Gasteiger partial charge in [0.1, 0.15) is 5.75 Å². The lowest BCUT2D eigenvalue weighted by Gasteiger charge is -2.15. The van der Waals surface area contributed by atoms with Gasteiger partial charge in [-0.1, -0.05) is 6.07 Å². The number of rotatable bonds is 3. The van der Waals surface area contributed by atoms with Crippen molar-refractivity contribution in [1.82, 2.24) is 10.3 Å². The minimum atomic E-state index is -0.232. The Bertz CT molecular complexity index is 461. The van der Waals surface area contributed by atoms with E-state index in [0.29, 0.717) is 5.56 Å². The van der Waals surface area contributed by atoms with Crippen LogP contribution in [0.1, 0.15) is 11.6 Å². The molecule has 1 aromatic heterocycles. The second-order valence-electron chi connectivity index (χ2n) is 3.47. The fourth-order valence-electron chi connectivity index (χ4n) is 1.76. The summed E-state index contributed by atoms with van der Waals surface area (Å²) in [5.74, 6) is 0.224. The zero-order chi connectivity index (χ0) is 10.8. The summed E-state index contributed by atoms with van der Waals surface area (Å²) >= 11 is 0. The maximum Gasteiger partial charge on any atom is 0.129 e. The largest absolute Gasteiger partial charge is 0.507 e. The Morgan fingerprint density at radius 1 is 1.40 bits per heavy atom. The van der Waals surface area contributed by atoms with Crippen LogP contribution in [0.15, 0.2) is 24.4 Å². The third-order valence-electron chi connectivity index (χ3n) is 2.64. The predicted octanol–water partition coefficient (Wildman–Crippen LogP) is 1.13. The lowest BCUT2D eigenvalue weighted by molar-refractivity contribution is 0.248. The number of phenolic OH excluding ortho intramolecular Hbond substituents is 1. The van der Waals surface area contributed by atoms with Crippen LogP contribution in [0, 0.1) is 0 Å². The molecule has 15 heavy (non-hydrogen) atoms. The van der Waals surface area contributed by atoms with E-state index in [2.05, 4.69) is 10.3 Å². The van der Waals surface area contributed by atoms with Crippen molar-refractivity contribution in [3.05, 3.63) is 30.0 Å². The summed E-state index contributed by atoms with van der Waals surface area (Å²) in [5, 5.41) is 22.9. The van der Waals surface area contributed by atoms with Gasteiger partial charge in [0.2, 0.25) is 0 Å². The fourth-order valence-corrected chi connectivity index (χ4v) is 1.76. The van der Waals surface area contributed by atoms with E-state index < -0.39 is 0 Å². The molecular formula is C11H14N2O2. The molecule has 0 saturated carbocycles. The molecule has 1 heterocycles. The van der Waals surface area contributed by atoms with Gasteiger partial charge in [-0.05, 0) is 19.2 Å². The Kier molecular flexibility index (Phi) is 2.62. The van der Waals surface area contributed by atoms with Crippen LogP contribution in [0.4, 0.5) is 0 Å². The molecule has 1 atom stereocenters. The summed E-state index contributed by atoms with van der Waals surface area (Å²) in [7, 11) is 1.75. The molecule has 2 aromatic rings. The number of benzene rings is 1. The molecule has 2 rings (SSSR count). The highest BCUT2D eigenvalue weighted by molar-refractivity contribution is 5.87. The topological polar surface area (TPSA) is 68.3 Å². The van der Waals surface area contributed by atoms with E-state index >= 15 is 0 Å². The van der Waals surface area contributed by atoms with Gasteiger partial charge in [-0.15, -0.1) is 0 Å². The molecule has 1 unspecified atom stereocenters. The number of aliphatic hydroxyl groups is 1. The van der Waals surface area contributed by atoms with E-state index in [-0.39, 0.29) is 18.4 Å². The van der Waals surface area contributed by atoms with Crippen molar-refractivity contribution in [1.29, 1.82) is 0 Å². The number of phenols is 1. The van der Waals surface area contributed by atoms with Crippen molar-refractivity contribution in [3.63, 3.8) is 0 Å². The molecule has 0 aliphatic carbocycles. The Morgan fingerprint density at radius 2 is 2.20 bits per heavy atom. The van der Waals surface area contributed by atoms with Gasteiger partial charge in [0.15, 0.2) is 0 Å². The maximum absolute atomic E-state index is 10.00. The Labute approximate surface area is 87.6 Å². The van der Waals surface area contributed by atoms with E-state index in [1.54, 1.807) is 13.2 Å². The van der Waals surface area contributed by atoms with Gasteiger partial charge in [-0.3, -0.25) is 0 Å². The minimum absolute atomic E-state index is 0.0417. The normalized spacial score (nSPS) is 13.2. The van der Waals surface area contributed by atoms with Gasteiger partial charge in [-0.25, -0.2) is 0 Å². The van der Waals surface area contributed by atoms with E-state index in [1.807, 2.05) is 18.2 Å². The molecule has 4 N–H and O–H groups in total. The Hall–Kier alpha value is -1.52. The van der Waals surface area contributed by atoms with Gasteiger partial charge in [-0.2, -0.15) is 0 Å². The molecule has 1 aromatic carbocycles. The van der Waals surface area contributed by atoms with Gasteiger partial charge in [0.25, 0.3) is 0 Å². The summed E-state index contributed by atoms with van der Waals surface area (Å²) in [5.41, 5.74) is 1.61. The number of aliphatic hydroxyl groups excluding tert-OH is 1. The van der Waals surface area contributed by atoms with Crippen LogP contribution in [0.2, 0.25) is 0 Å². The van der Waals surface area contributed by atoms with E-state index in [1.165, 1.54) is 0 Å². The third-order valence-corrected chi connectivity index (χ3v) is 2.64. The molecule has 0 aliphatic rings. The van der Waals surface area contributed by atoms with Crippen molar-refractivity contribution >= 4 is 10.9 Å². The average Bonchev–Trinajstić information content (AvgIpc) is 2.71. The third kappa shape index (κ3) is 1.58. The van der Waals surface area contributed by atoms with Crippen molar-refractivity contribution in [2.45, 2.75) is 6.04 Å². The first kappa shape index (κ1) is 10.0. The van der Waals surface area contributed by atoms with E-state index in [0.717, 1.165) is 10.9 Å². The standard InChI is InChI=1S/C11H14N2O2/c1-12-10(6-14)7-2-3-9-8(11(7)15)4-5-13-9/h2-5,10,12-15H,6H2,1H3. The average molecular weight is 206 g/mol. The highest BCUT2D eigenvalue weighted by Gasteiger charge is 2.14. The molecule has 4 heteroatoms. The number of aromatic nitrogens is 1. The number of fused-ring (bicyclic) bond motifs is 1. The zero-order valence-corrected chi connectivity index (χ0v) is 8.49.